The smallest absolute Gasteiger partial charge is 0.170 e. The molecule has 25 heavy (non-hydrogen) atoms. The quantitative estimate of drug-likeness (QED) is 0.338. The Morgan fingerprint density at radius 3 is 1.84 bits per heavy atom. The van der Waals surface area contributed by atoms with Crippen molar-refractivity contribution in [1.29, 1.82) is 0 Å². The van der Waals surface area contributed by atoms with Crippen LogP contribution in [-0.4, -0.2) is 17.9 Å². The molecule has 1 saturated carbocycles. The number of hydrogen-bond donors (Lipinski definition) is 0. The van der Waals surface area contributed by atoms with Crippen LogP contribution in [0.5, 0.6) is 0 Å². The van der Waals surface area contributed by atoms with Gasteiger partial charge < -0.3 is 0 Å². The minimum absolute atomic E-state index is 0.226. The number of sulfone groups is 1. The fourth-order valence-electron chi connectivity index (χ4n) is 5.02. The van der Waals surface area contributed by atoms with E-state index >= 15 is 0 Å². The Kier molecular flexibility index (Phi) is 5.43. The molecule has 2 heterocycles. The van der Waals surface area contributed by atoms with Gasteiger partial charge in [-0.15, -0.1) is 13.2 Å². The molecule has 2 atom stereocenters. The van der Waals surface area contributed by atoms with E-state index in [1.165, 1.54) is 0 Å². The van der Waals surface area contributed by atoms with Crippen LogP contribution in [0.2, 0.25) is 0 Å². The van der Waals surface area contributed by atoms with E-state index in [1.807, 2.05) is 24.3 Å². The molecule has 3 aliphatic rings. The van der Waals surface area contributed by atoms with E-state index in [4.69, 9.17) is 0 Å². The van der Waals surface area contributed by atoms with Crippen molar-refractivity contribution < 1.29 is 8.42 Å². The summed E-state index contributed by atoms with van der Waals surface area (Å²) in [4.78, 5) is 0. The topological polar surface area (TPSA) is 34.1 Å². The summed E-state index contributed by atoms with van der Waals surface area (Å²) in [6.07, 6.45) is 22.3. The highest BCUT2D eigenvalue weighted by molar-refractivity contribution is 7.95. The molecule has 0 aromatic carbocycles. The van der Waals surface area contributed by atoms with Crippen LogP contribution in [0.15, 0.2) is 49.6 Å². The number of fused-ring (bicyclic) bond motifs is 2. The lowest BCUT2D eigenvalue weighted by atomic mass is 9.96. The average molecular weight is 361 g/mol. The second-order valence-electron chi connectivity index (χ2n) is 7.96. The molecule has 0 saturated heterocycles. The molecule has 0 radical (unpaired) electrons. The van der Waals surface area contributed by atoms with Crippen LogP contribution in [0.3, 0.4) is 0 Å². The second-order valence-corrected chi connectivity index (χ2v) is 10.5. The van der Waals surface area contributed by atoms with Crippen LogP contribution < -0.4 is 0 Å². The molecule has 3 heteroatoms. The lowest BCUT2D eigenvalue weighted by Crippen LogP contribution is -2.48. The first-order chi connectivity index (χ1) is 12.1. The van der Waals surface area contributed by atoms with Crippen molar-refractivity contribution in [1.82, 2.24) is 0 Å². The summed E-state index contributed by atoms with van der Waals surface area (Å²) < 4.78 is 25.9. The standard InChI is InChI=1S/C22H32O2S/c1-3-5-7-9-11-15-21-17-13-19-20(14-18-21)22(19,25(21,23)24)16-12-10-8-6-4-2/h3-4,13-14,17-20H,1-2,5-12,15-16H2/t19-,20-,21?,22?/m0/s1. The van der Waals surface area contributed by atoms with Gasteiger partial charge in [0.2, 0.25) is 0 Å². The molecule has 0 spiro atoms. The SMILES string of the molecule is C=CCCCCCC12C=C[C@H]3[C@H](C=C1)C3(CCCCCC=C)S2(=O)=O. The summed E-state index contributed by atoms with van der Waals surface area (Å²) in [5.41, 5.74) is 0. The maximum atomic E-state index is 13.6. The van der Waals surface area contributed by atoms with E-state index < -0.39 is 19.3 Å². The lowest BCUT2D eigenvalue weighted by Gasteiger charge is -2.37. The van der Waals surface area contributed by atoms with Crippen LogP contribution in [0.1, 0.15) is 64.2 Å². The fourth-order valence-corrected chi connectivity index (χ4v) is 8.17. The van der Waals surface area contributed by atoms with Crippen molar-refractivity contribution in [2.75, 3.05) is 0 Å². The predicted octanol–water partition coefficient (Wildman–Crippen LogP) is 5.54. The van der Waals surface area contributed by atoms with Crippen LogP contribution in [0, 0.1) is 11.8 Å². The Morgan fingerprint density at radius 2 is 1.32 bits per heavy atom. The van der Waals surface area contributed by atoms with Crippen molar-refractivity contribution in [2.24, 2.45) is 11.8 Å². The lowest BCUT2D eigenvalue weighted by molar-refractivity contribution is 0.496. The number of rotatable bonds is 12. The third-order valence-corrected chi connectivity index (χ3v) is 9.76. The van der Waals surface area contributed by atoms with Gasteiger partial charge >= 0.3 is 0 Å². The predicted molar refractivity (Wildman–Crippen MR) is 106 cm³/mol. The molecule has 138 valence electrons. The Bertz CT molecular complexity index is 648. The number of hydrogen-bond acceptors (Lipinski definition) is 2. The Hall–Kier alpha value is -1.09. The molecule has 3 rings (SSSR count). The zero-order valence-corrected chi connectivity index (χ0v) is 16.1. The second kappa shape index (κ2) is 7.26. The normalized spacial score (nSPS) is 36.2. The third-order valence-electron chi connectivity index (χ3n) is 6.53. The Balaban J connectivity index is 1.68. The Morgan fingerprint density at radius 1 is 0.800 bits per heavy atom. The first-order valence-corrected chi connectivity index (χ1v) is 11.4. The monoisotopic (exact) mass is 360 g/mol. The summed E-state index contributed by atoms with van der Waals surface area (Å²) in [7, 11) is -3.15. The van der Waals surface area contributed by atoms with Gasteiger partial charge in [0.05, 0.1) is 4.75 Å². The molecule has 0 amide bonds. The van der Waals surface area contributed by atoms with E-state index in [0.717, 1.165) is 64.2 Å². The van der Waals surface area contributed by atoms with Gasteiger partial charge in [0.25, 0.3) is 0 Å². The number of unbranched alkanes of at least 4 members (excludes halogenated alkanes) is 6. The summed E-state index contributed by atoms with van der Waals surface area (Å²) in [5.74, 6) is 0.453. The van der Waals surface area contributed by atoms with Gasteiger partial charge in [0.15, 0.2) is 9.84 Å². The van der Waals surface area contributed by atoms with Crippen LogP contribution >= 0.6 is 0 Å². The molecule has 1 aliphatic carbocycles. The van der Waals surface area contributed by atoms with Gasteiger partial charge in [-0.2, -0.15) is 0 Å². The van der Waals surface area contributed by atoms with Crippen molar-refractivity contribution >= 4 is 9.84 Å². The maximum Gasteiger partial charge on any atom is 0.170 e. The average Bonchev–Trinajstić information content (AvgIpc) is 3.28. The van der Waals surface area contributed by atoms with E-state index in [0.29, 0.717) is 0 Å². The van der Waals surface area contributed by atoms with E-state index in [-0.39, 0.29) is 11.8 Å². The maximum absolute atomic E-state index is 13.6. The van der Waals surface area contributed by atoms with Crippen molar-refractivity contribution in [3.8, 4) is 0 Å². The number of allylic oxidation sites excluding steroid dienone is 4. The van der Waals surface area contributed by atoms with Gasteiger partial charge in [-0.1, -0.05) is 62.1 Å². The molecule has 1 fully saturated rings. The van der Waals surface area contributed by atoms with Crippen LogP contribution in [-0.2, 0) is 9.84 Å². The summed E-state index contributed by atoms with van der Waals surface area (Å²) in [5, 5.41) is 0. The highest BCUT2D eigenvalue weighted by atomic mass is 32.2. The molecular formula is C22H32O2S. The zero-order valence-electron chi connectivity index (χ0n) is 15.3. The molecule has 0 aromatic heterocycles. The first kappa shape index (κ1) is 18.7. The van der Waals surface area contributed by atoms with Crippen LogP contribution in [0.4, 0.5) is 0 Å². The third kappa shape index (κ3) is 2.89. The van der Waals surface area contributed by atoms with Crippen molar-refractivity contribution in [2.45, 2.75) is 73.7 Å². The summed E-state index contributed by atoms with van der Waals surface area (Å²) >= 11 is 0. The minimum Gasteiger partial charge on any atom is -0.227 e. The molecule has 2 bridgehead atoms. The van der Waals surface area contributed by atoms with Gasteiger partial charge in [-0.25, -0.2) is 8.42 Å². The van der Waals surface area contributed by atoms with E-state index in [2.05, 4.69) is 25.3 Å². The highest BCUT2D eigenvalue weighted by Gasteiger charge is 2.76. The van der Waals surface area contributed by atoms with Crippen molar-refractivity contribution in [3.05, 3.63) is 49.6 Å². The minimum atomic E-state index is -3.15. The van der Waals surface area contributed by atoms with Crippen LogP contribution in [0.25, 0.3) is 0 Å². The fraction of sp³-hybridized carbons (Fsp3) is 0.636. The van der Waals surface area contributed by atoms with E-state index in [9.17, 15) is 8.42 Å². The molecule has 2 nitrogen and oxygen atoms in total. The molecule has 0 unspecified atom stereocenters. The molecule has 2 aliphatic heterocycles. The zero-order chi connectivity index (χ0) is 18.0. The summed E-state index contributed by atoms with van der Waals surface area (Å²) in [6, 6.07) is 0. The molecule has 0 N–H and O–H groups in total. The Labute approximate surface area is 153 Å². The van der Waals surface area contributed by atoms with Crippen molar-refractivity contribution in [3.63, 3.8) is 0 Å². The van der Waals surface area contributed by atoms with E-state index in [1.54, 1.807) is 0 Å². The molecule has 0 aromatic rings. The highest BCUT2D eigenvalue weighted by Crippen LogP contribution is 2.68. The van der Waals surface area contributed by atoms with Gasteiger partial charge in [0, 0.05) is 11.8 Å². The van der Waals surface area contributed by atoms with Gasteiger partial charge in [0.1, 0.15) is 4.75 Å². The van der Waals surface area contributed by atoms with Gasteiger partial charge in [-0.3, -0.25) is 0 Å². The first-order valence-electron chi connectivity index (χ1n) is 9.90. The largest absolute Gasteiger partial charge is 0.227 e. The summed E-state index contributed by atoms with van der Waals surface area (Å²) in [6.45, 7) is 7.52. The molecular weight excluding hydrogens is 328 g/mol. The van der Waals surface area contributed by atoms with Gasteiger partial charge in [-0.05, 0) is 38.5 Å².